The zero-order valence-electron chi connectivity index (χ0n) is 9.99. The van der Waals surface area contributed by atoms with Gasteiger partial charge in [-0.2, -0.15) is 0 Å². The summed E-state index contributed by atoms with van der Waals surface area (Å²) in [7, 11) is 0. The maximum Gasteiger partial charge on any atom is 0.229 e. The third-order valence-electron chi connectivity index (χ3n) is 2.81. The van der Waals surface area contributed by atoms with Gasteiger partial charge in [-0.25, -0.2) is 4.98 Å². The molecule has 0 aliphatic heterocycles. The van der Waals surface area contributed by atoms with E-state index in [1.165, 1.54) is 11.3 Å². The summed E-state index contributed by atoms with van der Waals surface area (Å²) in [4.78, 5) is 18.5. The molecule has 0 unspecified atom stereocenters. The van der Waals surface area contributed by atoms with Crippen LogP contribution in [0.15, 0.2) is 5.38 Å². The van der Waals surface area contributed by atoms with Crippen molar-refractivity contribution in [1.29, 1.82) is 0 Å². The standard InChI is InChI=1S/C12H17ClN2OS/c1-2-5-15(10-3-4-10)12(16)6-11-14-9(7-13)8-17-11/h8,10H,2-7H2,1H3. The Hall–Kier alpha value is -0.610. The third kappa shape index (κ3) is 3.42. The molecule has 1 saturated carbocycles. The van der Waals surface area contributed by atoms with Gasteiger partial charge in [-0.1, -0.05) is 6.92 Å². The third-order valence-corrected chi connectivity index (χ3v) is 3.98. The van der Waals surface area contributed by atoms with E-state index >= 15 is 0 Å². The van der Waals surface area contributed by atoms with Gasteiger partial charge in [0.2, 0.25) is 5.91 Å². The van der Waals surface area contributed by atoms with E-state index in [1.54, 1.807) is 0 Å². The van der Waals surface area contributed by atoms with Crippen molar-refractivity contribution >= 4 is 28.8 Å². The Labute approximate surface area is 111 Å². The summed E-state index contributed by atoms with van der Waals surface area (Å²) in [6.07, 6.45) is 3.78. The molecule has 0 aromatic carbocycles. The number of nitrogens with zero attached hydrogens (tertiary/aromatic N) is 2. The van der Waals surface area contributed by atoms with Crippen molar-refractivity contribution in [2.24, 2.45) is 0 Å². The van der Waals surface area contributed by atoms with Gasteiger partial charge in [0.25, 0.3) is 0 Å². The first-order valence-electron chi connectivity index (χ1n) is 6.03. The van der Waals surface area contributed by atoms with Crippen molar-refractivity contribution in [2.45, 2.75) is 44.5 Å². The quantitative estimate of drug-likeness (QED) is 0.746. The Morgan fingerprint density at radius 1 is 1.65 bits per heavy atom. The van der Waals surface area contributed by atoms with Crippen LogP contribution in [0.3, 0.4) is 0 Å². The van der Waals surface area contributed by atoms with Gasteiger partial charge in [0.1, 0.15) is 5.01 Å². The molecule has 0 bridgehead atoms. The minimum absolute atomic E-state index is 0.213. The molecular formula is C12H17ClN2OS. The number of aromatic nitrogens is 1. The van der Waals surface area contributed by atoms with Crippen molar-refractivity contribution in [1.82, 2.24) is 9.88 Å². The van der Waals surface area contributed by atoms with E-state index in [-0.39, 0.29) is 5.91 Å². The van der Waals surface area contributed by atoms with E-state index in [1.807, 2.05) is 10.3 Å². The first kappa shape index (κ1) is 12.8. The van der Waals surface area contributed by atoms with Crippen LogP contribution in [0.2, 0.25) is 0 Å². The summed E-state index contributed by atoms with van der Waals surface area (Å²) in [5.74, 6) is 0.635. The van der Waals surface area contributed by atoms with Gasteiger partial charge in [0, 0.05) is 18.0 Å². The normalized spacial score (nSPS) is 14.9. The van der Waals surface area contributed by atoms with Crippen LogP contribution < -0.4 is 0 Å². The van der Waals surface area contributed by atoms with Gasteiger partial charge in [-0.3, -0.25) is 4.79 Å². The summed E-state index contributed by atoms with van der Waals surface area (Å²) in [6, 6.07) is 0.495. The number of hydrogen-bond acceptors (Lipinski definition) is 3. The molecular weight excluding hydrogens is 256 g/mol. The van der Waals surface area contributed by atoms with E-state index in [0.717, 1.165) is 36.5 Å². The van der Waals surface area contributed by atoms with E-state index in [2.05, 4.69) is 11.9 Å². The minimum Gasteiger partial charge on any atom is -0.339 e. The van der Waals surface area contributed by atoms with Gasteiger partial charge in [-0.05, 0) is 19.3 Å². The molecule has 3 nitrogen and oxygen atoms in total. The van der Waals surface area contributed by atoms with Crippen LogP contribution in [0.1, 0.15) is 36.9 Å². The Morgan fingerprint density at radius 3 is 2.94 bits per heavy atom. The molecule has 0 saturated heterocycles. The highest BCUT2D eigenvalue weighted by atomic mass is 35.5. The van der Waals surface area contributed by atoms with E-state index < -0.39 is 0 Å². The lowest BCUT2D eigenvalue weighted by molar-refractivity contribution is -0.131. The Bertz CT molecular complexity index is 390. The van der Waals surface area contributed by atoms with Crippen molar-refractivity contribution in [3.63, 3.8) is 0 Å². The maximum absolute atomic E-state index is 12.1. The zero-order valence-corrected chi connectivity index (χ0v) is 11.6. The summed E-state index contributed by atoms with van der Waals surface area (Å²) in [5.41, 5.74) is 0.868. The van der Waals surface area contributed by atoms with Gasteiger partial charge in [0.05, 0.1) is 18.0 Å². The number of halogens is 1. The molecule has 1 aromatic rings. The maximum atomic E-state index is 12.1. The average Bonchev–Trinajstić information content (AvgIpc) is 3.06. The molecule has 1 aliphatic rings. The molecule has 1 aliphatic carbocycles. The summed E-state index contributed by atoms with van der Waals surface area (Å²) in [5, 5.41) is 2.81. The topological polar surface area (TPSA) is 33.2 Å². The second kappa shape index (κ2) is 5.83. The number of thiazole rings is 1. The highest BCUT2D eigenvalue weighted by molar-refractivity contribution is 7.09. The second-order valence-electron chi connectivity index (χ2n) is 4.36. The number of alkyl halides is 1. The molecule has 0 radical (unpaired) electrons. The monoisotopic (exact) mass is 272 g/mol. The van der Waals surface area contributed by atoms with Crippen molar-refractivity contribution in [2.75, 3.05) is 6.54 Å². The minimum atomic E-state index is 0.213. The number of carbonyl (C=O) groups is 1. The average molecular weight is 273 g/mol. The highest BCUT2D eigenvalue weighted by Crippen LogP contribution is 2.27. The van der Waals surface area contributed by atoms with Crippen LogP contribution >= 0.6 is 22.9 Å². The van der Waals surface area contributed by atoms with E-state index in [0.29, 0.717) is 18.3 Å². The smallest absolute Gasteiger partial charge is 0.229 e. The van der Waals surface area contributed by atoms with Gasteiger partial charge in [-0.15, -0.1) is 22.9 Å². The van der Waals surface area contributed by atoms with Crippen LogP contribution in [-0.4, -0.2) is 28.4 Å². The molecule has 17 heavy (non-hydrogen) atoms. The lowest BCUT2D eigenvalue weighted by atomic mass is 10.3. The van der Waals surface area contributed by atoms with E-state index in [4.69, 9.17) is 11.6 Å². The first-order chi connectivity index (χ1) is 8.24. The largest absolute Gasteiger partial charge is 0.339 e. The van der Waals surface area contributed by atoms with Crippen LogP contribution in [-0.2, 0) is 17.1 Å². The molecule has 0 N–H and O–H groups in total. The molecule has 5 heteroatoms. The van der Waals surface area contributed by atoms with Crippen LogP contribution in [0, 0.1) is 0 Å². The molecule has 1 aromatic heterocycles. The van der Waals surface area contributed by atoms with Gasteiger partial charge >= 0.3 is 0 Å². The molecule has 1 fully saturated rings. The summed E-state index contributed by atoms with van der Waals surface area (Å²) >= 11 is 7.23. The predicted octanol–water partition coefficient (Wildman–Crippen LogP) is 2.83. The molecule has 2 rings (SSSR count). The Balaban J connectivity index is 1.94. The summed E-state index contributed by atoms with van der Waals surface area (Å²) in [6.45, 7) is 2.98. The lowest BCUT2D eigenvalue weighted by Gasteiger charge is -2.21. The number of amides is 1. The first-order valence-corrected chi connectivity index (χ1v) is 7.44. The number of hydrogen-bond donors (Lipinski definition) is 0. The molecule has 94 valence electrons. The number of carbonyl (C=O) groups excluding carboxylic acids is 1. The highest BCUT2D eigenvalue weighted by Gasteiger charge is 2.31. The van der Waals surface area contributed by atoms with Gasteiger partial charge < -0.3 is 4.90 Å². The van der Waals surface area contributed by atoms with Crippen molar-refractivity contribution < 1.29 is 4.79 Å². The lowest BCUT2D eigenvalue weighted by Crippen LogP contribution is -2.34. The predicted molar refractivity (Wildman–Crippen MR) is 70.4 cm³/mol. The van der Waals surface area contributed by atoms with Crippen molar-refractivity contribution in [3.05, 3.63) is 16.1 Å². The fraction of sp³-hybridized carbons (Fsp3) is 0.667. The van der Waals surface area contributed by atoms with E-state index in [9.17, 15) is 4.79 Å². The number of rotatable bonds is 6. The molecule has 0 atom stereocenters. The van der Waals surface area contributed by atoms with Gasteiger partial charge in [0.15, 0.2) is 0 Å². The summed E-state index contributed by atoms with van der Waals surface area (Å²) < 4.78 is 0. The van der Waals surface area contributed by atoms with Crippen LogP contribution in [0.25, 0.3) is 0 Å². The second-order valence-corrected chi connectivity index (χ2v) is 5.57. The fourth-order valence-electron chi connectivity index (χ4n) is 1.86. The zero-order chi connectivity index (χ0) is 12.3. The van der Waals surface area contributed by atoms with Crippen LogP contribution in [0.5, 0.6) is 0 Å². The Morgan fingerprint density at radius 2 is 2.41 bits per heavy atom. The Kier molecular flexibility index (Phi) is 4.40. The van der Waals surface area contributed by atoms with Crippen LogP contribution in [0.4, 0.5) is 0 Å². The van der Waals surface area contributed by atoms with Crippen molar-refractivity contribution in [3.8, 4) is 0 Å². The molecule has 0 spiro atoms. The SMILES string of the molecule is CCCN(C(=O)Cc1nc(CCl)cs1)C1CC1. The fourth-order valence-corrected chi connectivity index (χ4v) is 2.87. The molecule has 1 amide bonds. The molecule has 1 heterocycles.